The Balaban J connectivity index is 1.90. The molecule has 5 heteroatoms. The van der Waals surface area contributed by atoms with Crippen molar-refractivity contribution in [2.45, 2.75) is 128 Å². The van der Waals surface area contributed by atoms with E-state index in [-0.39, 0.29) is 0 Å². The van der Waals surface area contributed by atoms with E-state index in [0.717, 1.165) is 31.7 Å². The zero-order chi connectivity index (χ0) is 21.2. The van der Waals surface area contributed by atoms with Gasteiger partial charge in [0.15, 0.2) is 0 Å². The predicted molar refractivity (Wildman–Crippen MR) is 118 cm³/mol. The SMILES string of the molecule is O=C(O)CCCCCCCCCC1CCCN1CCCCCCCCCC(=O)O. The lowest BCUT2D eigenvalue weighted by Crippen LogP contribution is -2.30. The van der Waals surface area contributed by atoms with Gasteiger partial charge in [0.25, 0.3) is 0 Å². The molecule has 0 aliphatic carbocycles. The van der Waals surface area contributed by atoms with Crippen LogP contribution in [0.3, 0.4) is 0 Å². The van der Waals surface area contributed by atoms with Crippen LogP contribution in [0, 0.1) is 0 Å². The zero-order valence-electron chi connectivity index (χ0n) is 18.6. The summed E-state index contributed by atoms with van der Waals surface area (Å²) in [4.78, 5) is 23.7. The second-order valence-corrected chi connectivity index (χ2v) is 8.86. The minimum Gasteiger partial charge on any atom is -0.481 e. The summed E-state index contributed by atoms with van der Waals surface area (Å²) in [5.41, 5.74) is 0. The number of aliphatic carboxylic acids is 2. The van der Waals surface area contributed by atoms with Crippen molar-refractivity contribution < 1.29 is 19.8 Å². The van der Waals surface area contributed by atoms with Crippen LogP contribution in [0.1, 0.15) is 122 Å². The highest BCUT2D eigenvalue weighted by Gasteiger charge is 2.22. The van der Waals surface area contributed by atoms with Gasteiger partial charge in [-0.1, -0.05) is 70.6 Å². The molecule has 0 aromatic heterocycles. The van der Waals surface area contributed by atoms with Crippen molar-refractivity contribution in [2.24, 2.45) is 0 Å². The van der Waals surface area contributed by atoms with Crippen molar-refractivity contribution in [3.63, 3.8) is 0 Å². The van der Waals surface area contributed by atoms with Crippen LogP contribution in [0.2, 0.25) is 0 Å². The first-order chi connectivity index (χ1) is 14.1. The first-order valence-corrected chi connectivity index (χ1v) is 12.3. The molecule has 1 saturated heterocycles. The van der Waals surface area contributed by atoms with Gasteiger partial charge < -0.3 is 15.1 Å². The van der Waals surface area contributed by atoms with Crippen LogP contribution in [0.5, 0.6) is 0 Å². The third-order valence-electron chi connectivity index (χ3n) is 6.26. The molecule has 170 valence electrons. The zero-order valence-corrected chi connectivity index (χ0v) is 18.6. The fourth-order valence-electron chi connectivity index (χ4n) is 4.53. The minimum absolute atomic E-state index is 0.323. The number of nitrogens with zero attached hydrogens (tertiary/aromatic N) is 1. The molecule has 1 fully saturated rings. The summed E-state index contributed by atoms with van der Waals surface area (Å²) in [7, 11) is 0. The van der Waals surface area contributed by atoms with E-state index in [1.807, 2.05) is 0 Å². The van der Waals surface area contributed by atoms with Gasteiger partial charge in [-0.2, -0.15) is 0 Å². The lowest BCUT2D eigenvalue weighted by molar-refractivity contribution is -0.138. The average Bonchev–Trinajstić information content (AvgIpc) is 3.12. The predicted octanol–water partition coefficient (Wildman–Crippen LogP) is 6.25. The number of hydrogen-bond acceptors (Lipinski definition) is 3. The van der Waals surface area contributed by atoms with Crippen molar-refractivity contribution in [1.29, 1.82) is 0 Å². The smallest absolute Gasteiger partial charge is 0.303 e. The molecule has 1 aliphatic heterocycles. The molecule has 29 heavy (non-hydrogen) atoms. The Bertz CT molecular complexity index is 389. The van der Waals surface area contributed by atoms with Crippen LogP contribution in [-0.2, 0) is 9.59 Å². The fourth-order valence-corrected chi connectivity index (χ4v) is 4.53. The Kier molecular flexibility index (Phi) is 15.9. The molecule has 5 nitrogen and oxygen atoms in total. The number of carboxylic acid groups (broad SMARTS) is 2. The minimum atomic E-state index is -0.668. The van der Waals surface area contributed by atoms with Crippen molar-refractivity contribution >= 4 is 11.9 Å². The van der Waals surface area contributed by atoms with Gasteiger partial charge in [-0.3, -0.25) is 9.59 Å². The number of hydrogen-bond donors (Lipinski definition) is 2. The van der Waals surface area contributed by atoms with E-state index in [1.165, 1.54) is 96.6 Å². The standard InChI is InChI=1S/C24H45NO4/c26-23(27)18-12-8-4-1-3-7-11-16-22-17-15-21-25(22)20-14-10-6-2-5-9-13-19-24(28)29/h22H,1-21H2,(H,26,27)(H,28,29). The molecule has 0 amide bonds. The maximum atomic E-state index is 10.5. The number of unbranched alkanes of at least 4 members (excludes halogenated alkanes) is 12. The molecule has 1 aliphatic rings. The molecule has 1 unspecified atom stereocenters. The Labute approximate surface area is 178 Å². The first-order valence-electron chi connectivity index (χ1n) is 12.3. The molecular weight excluding hydrogens is 366 g/mol. The first kappa shape index (κ1) is 25.9. The van der Waals surface area contributed by atoms with E-state index < -0.39 is 11.9 Å². The summed E-state index contributed by atoms with van der Waals surface area (Å²) >= 11 is 0. The quantitative estimate of drug-likeness (QED) is 0.231. The van der Waals surface area contributed by atoms with Crippen LogP contribution in [0.25, 0.3) is 0 Å². The van der Waals surface area contributed by atoms with Gasteiger partial charge in [0.05, 0.1) is 0 Å². The normalized spacial score (nSPS) is 17.0. The van der Waals surface area contributed by atoms with E-state index in [2.05, 4.69) is 4.90 Å². The fraction of sp³-hybridized carbons (Fsp3) is 0.917. The van der Waals surface area contributed by atoms with Crippen LogP contribution < -0.4 is 0 Å². The summed E-state index contributed by atoms with van der Waals surface area (Å²) in [6.45, 7) is 2.54. The second-order valence-electron chi connectivity index (χ2n) is 8.86. The van der Waals surface area contributed by atoms with Crippen LogP contribution >= 0.6 is 0 Å². The van der Waals surface area contributed by atoms with Crippen molar-refractivity contribution in [1.82, 2.24) is 4.90 Å². The van der Waals surface area contributed by atoms with Crippen LogP contribution in [0.4, 0.5) is 0 Å². The number of likely N-dealkylation sites (tertiary alicyclic amines) is 1. The van der Waals surface area contributed by atoms with Gasteiger partial charge in [0, 0.05) is 18.9 Å². The molecule has 0 aromatic carbocycles. The largest absolute Gasteiger partial charge is 0.481 e. The van der Waals surface area contributed by atoms with Crippen molar-refractivity contribution in [3.05, 3.63) is 0 Å². The van der Waals surface area contributed by atoms with Crippen molar-refractivity contribution in [2.75, 3.05) is 13.1 Å². The lowest BCUT2D eigenvalue weighted by Gasteiger charge is -2.24. The van der Waals surface area contributed by atoms with E-state index in [9.17, 15) is 9.59 Å². The molecule has 0 saturated carbocycles. The monoisotopic (exact) mass is 411 g/mol. The number of rotatable bonds is 20. The van der Waals surface area contributed by atoms with Crippen LogP contribution in [-0.4, -0.2) is 46.2 Å². The molecule has 0 aromatic rings. The maximum absolute atomic E-state index is 10.5. The topological polar surface area (TPSA) is 77.8 Å². The van der Waals surface area contributed by atoms with Gasteiger partial charge in [-0.05, 0) is 51.6 Å². The third kappa shape index (κ3) is 15.4. The summed E-state index contributed by atoms with van der Waals surface area (Å²) < 4.78 is 0. The molecule has 2 N–H and O–H groups in total. The maximum Gasteiger partial charge on any atom is 0.303 e. The molecule has 0 radical (unpaired) electrons. The van der Waals surface area contributed by atoms with Gasteiger partial charge in [0.2, 0.25) is 0 Å². The Morgan fingerprint density at radius 3 is 1.62 bits per heavy atom. The number of carbonyl (C=O) groups is 2. The van der Waals surface area contributed by atoms with E-state index in [1.54, 1.807) is 0 Å². The highest BCUT2D eigenvalue weighted by Crippen LogP contribution is 2.23. The van der Waals surface area contributed by atoms with Gasteiger partial charge in [0.1, 0.15) is 0 Å². The Morgan fingerprint density at radius 1 is 0.655 bits per heavy atom. The molecular formula is C24H45NO4. The highest BCUT2D eigenvalue weighted by molar-refractivity contribution is 5.66. The van der Waals surface area contributed by atoms with Crippen molar-refractivity contribution in [3.8, 4) is 0 Å². The second kappa shape index (κ2) is 17.7. The summed E-state index contributed by atoms with van der Waals surface area (Å²) in [6.07, 6.45) is 21.2. The number of carboxylic acids is 2. The molecule has 1 heterocycles. The molecule has 0 spiro atoms. The van der Waals surface area contributed by atoms with E-state index >= 15 is 0 Å². The summed E-state index contributed by atoms with van der Waals surface area (Å²) in [6, 6.07) is 0.807. The summed E-state index contributed by atoms with van der Waals surface area (Å²) in [5.74, 6) is -1.34. The average molecular weight is 412 g/mol. The summed E-state index contributed by atoms with van der Waals surface area (Å²) in [5, 5.41) is 17.3. The Hall–Kier alpha value is -1.10. The molecule has 1 rings (SSSR count). The van der Waals surface area contributed by atoms with Gasteiger partial charge in [-0.25, -0.2) is 0 Å². The van der Waals surface area contributed by atoms with E-state index in [4.69, 9.17) is 10.2 Å². The van der Waals surface area contributed by atoms with E-state index in [0.29, 0.717) is 12.8 Å². The van der Waals surface area contributed by atoms with Gasteiger partial charge in [-0.15, -0.1) is 0 Å². The highest BCUT2D eigenvalue weighted by atomic mass is 16.4. The van der Waals surface area contributed by atoms with Gasteiger partial charge >= 0.3 is 11.9 Å². The lowest BCUT2D eigenvalue weighted by atomic mass is 10.0. The molecule has 1 atom stereocenters. The Morgan fingerprint density at radius 2 is 1.10 bits per heavy atom. The third-order valence-corrected chi connectivity index (χ3v) is 6.26. The van der Waals surface area contributed by atoms with Crippen LogP contribution in [0.15, 0.2) is 0 Å². The molecule has 0 bridgehead atoms.